The molecule has 2 aromatic carbocycles. The number of amides is 2. The lowest BCUT2D eigenvalue weighted by Crippen LogP contribution is -2.38. The number of likely N-dealkylation sites (tertiary alicyclic amines) is 1. The molecule has 2 unspecified atom stereocenters. The number of aryl methyl sites for hydroxylation is 1. The molecular formula is C24H31N3O2. The summed E-state index contributed by atoms with van der Waals surface area (Å²) in [5.41, 5.74) is 3.32. The molecule has 2 amide bonds. The van der Waals surface area contributed by atoms with Crippen LogP contribution in [0.5, 0.6) is 0 Å². The first-order valence-electron chi connectivity index (χ1n) is 10.4. The van der Waals surface area contributed by atoms with E-state index in [1.807, 2.05) is 49.4 Å². The fourth-order valence-electron chi connectivity index (χ4n) is 3.95. The van der Waals surface area contributed by atoms with Crippen molar-refractivity contribution in [2.24, 2.45) is 0 Å². The average molecular weight is 394 g/mol. The highest BCUT2D eigenvalue weighted by atomic mass is 16.2. The molecule has 29 heavy (non-hydrogen) atoms. The molecule has 2 N–H and O–H groups in total. The number of hydrogen-bond donors (Lipinski definition) is 2. The molecule has 0 aliphatic carbocycles. The fourth-order valence-corrected chi connectivity index (χ4v) is 3.95. The van der Waals surface area contributed by atoms with Crippen LogP contribution in [0.25, 0.3) is 0 Å². The molecule has 2 atom stereocenters. The lowest BCUT2D eigenvalue weighted by Gasteiger charge is -2.28. The van der Waals surface area contributed by atoms with Gasteiger partial charge in [0.1, 0.15) is 0 Å². The van der Waals surface area contributed by atoms with Gasteiger partial charge in [-0.05, 0) is 44.0 Å². The highest BCUT2D eigenvalue weighted by Gasteiger charge is 2.24. The zero-order valence-electron chi connectivity index (χ0n) is 17.4. The van der Waals surface area contributed by atoms with E-state index in [1.54, 1.807) is 0 Å². The maximum Gasteiger partial charge on any atom is 0.222 e. The first-order valence-corrected chi connectivity index (χ1v) is 10.4. The van der Waals surface area contributed by atoms with Gasteiger partial charge in [-0.15, -0.1) is 0 Å². The molecule has 0 radical (unpaired) electrons. The standard InChI is InChI=1S/C24H31N3O2/c1-18-10-12-20(13-11-18)22(26-19(2)28)16-24(29)25-17-23(27-14-6-7-15-27)21-8-4-3-5-9-21/h3-5,8-13,22-23H,6-7,14-17H2,1-2H3,(H,25,29)(H,26,28). The number of carbonyl (C=O) groups excluding carboxylic acids is 2. The number of carbonyl (C=O) groups is 2. The van der Waals surface area contributed by atoms with Gasteiger partial charge in [0.05, 0.1) is 18.5 Å². The first-order chi connectivity index (χ1) is 14.0. The van der Waals surface area contributed by atoms with Crippen molar-refractivity contribution >= 4 is 11.8 Å². The van der Waals surface area contributed by atoms with Gasteiger partial charge in [0, 0.05) is 13.5 Å². The molecule has 0 spiro atoms. The van der Waals surface area contributed by atoms with E-state index in [0.717, 1.165) is 24.2 Å². The largest absolute Gasteiger partial charge is 0.354 e. The molecule has 1 heterocycles. The third-order valence-corrected chi connectivity index (χ3v) is 5.51. The van der Waals surface area contributed by atoms with Crippen molar-refractivity contribution < 1.29 is 9.59 Å². The summed E-state index contributed by atoms with van der Waals surface area (Å²) in [4.78, 5) is 26.8. The number of benzene rings is 2. The van der Waals surface area contributed by atoms with E-state index in [0.29, 0.717) is 6.54 Å². The van der Waals surface area contributed by atoms with Crippen LogP contribution in [0, 0.1) is 6.92 Å². The summed E-state index contributed by atoms with van der Waals surface area (Å²) in [6.45, 7) is 6.20. The van der Waals surface area contributed by atoms with Crippen molar-refractivity contribution in [2.75, 3.05) is 19.6 Å². The first kappa shape index (κ1) is 21.1. The van der Waals surface area contributed by atoms with Crippen LogP contribution in [-0.4, -0.2) is 36.3 Å². The van der Waals surface area contributed by atoms with Crippen LogP contribution >= 0.6 is 0 Å². The summed E-state index contributed by atoms with van der Waals surface area (Å²) in [5, 5.41) is 6.02. The third-order valence-electron chi connectivity index (χ3n) is 5.51. The Morgan fingerprint density at radius 3 is 2.24 bits per heavy atom. The van der Waals surface area contributed by atoms with Crippen molar-refractivity contribution in [1.29, 1.82) is 0 Å². The van der Waals surface area contributed by atoms with E-state index in [1.165, 1.54) is 25.3 Å². The summed E-state index contributed by atoms with van der Waals surface area (Å²) in [7, 11) is 0. The van der Waals surface area contributed by atoms with E-state index in [-0.39, 0.29) is 30.3 Å². The van der Waals surface area contributed by atoms with Crippen LogP contribution < -0.4 is 10.6 Å². The lowest BCUT2D eigenvalue weighted by atomic mass is 10.0. The molecule has 1 aliphatic heterocycles. The van der Waals surface area contributed by atoms with E-state index < -0.39 is 0 Å². The molecule has 0 bridgehead atoms. The van der Waals surface area contributed by atoms with Crippen molar-refractivity contribution in [3.63, 3.8) is 0 Å². The quantitative estimate of drug-likeness (QED) is 0.721. The van der Waals surface area contributed by atoms with E-state index in [4.69, 9.17) is 0 Å². The van der Waals surface area contributed by atoms with E-state index >= 15 is 0 Å². The summed E-state index contributed by atoms with van der Waals surface area (Å²) in [6.07, 6.45) is 2.63. The topological polar surface area (TPSA) is 61.4 Å². The van der Waals surface area contributed by atoms with Crippen molar-refractivity contribution in [3.8, 4) is 0 Å². The number of rotatable bonds is 8. The fraction of sp³-hybridized carbons (Fsp3) is 0.417. The highest BCUT2D eigenvalue weighted by molar-refractivity contribution is 5.79. The highest BCUT2D eigenvalue weighted by Crippen LogP contribution is 2.25. The van der Waals surface area contributed by atoms with Crippen LogP contribution in [0.15, 0.2) is 54.6 Å². The summed E-state index contributed by atoms with van der Waals surface area (Å²) in [6, 6.07) is 18.2. The minimum Gasteiger partial charge on any atom is -0.354 e. The third kappa shape index (κ3) is 6.16. The number of nitrogens with one attached hydrogen (secondary N) is 2. The van der Waals surface area contributed by atoms with Gasteiger partial charge in [-0.25, -0.2) is 0 Å². The van der Waals surface area contributed by atoms with Gasteiger partial charge < -0.3 is 10.6 Å². The predicted molar refractivity (Wildman–Crippen MR) is 115 cm³/mol. The monoisotopic (exact) mass is 393 g/mol. The average Bonchev–Trinajstić information content (AvgIpc) is 3.23. The maximum atomic E-state index is 12.7. The van der Waals surface area contributed by atoms with E-state index in [9.17, 15) is 9.59 Å². The molecule has 0 aromatic heterocycles. The van der Waals surface area contributed by atoms with E-state index in [2.05, 4.69) is 27.7 Å². The van der Waals surface area contributed by atoms with Gasteiger partial charge in [0.2, 0.25) is 11.8 Å². The normalized spacial score (nSPS) is 16.2. The van der Waals surface area contributed by atoms with Gasteiger partial charge in [-0.1, -0.05) is 60.2 Å². The Labute approximate surface area is 173 Å². The summed E-state index contributed by atoms with van der Waals surface area (Å²) < 4.78 is 0. The SMILES string of the molecule is CC(=O)NC(CC(=O)NCC(c1ccccc1)N1CCCC1)c1ccc(C)cc1. The molecule has 5 heteroatoms. The Morgan fingerprint density at radius 2 is 1.62 bits per heavy atom. The second-order valence-electron chi connectivity index (χ2n) is 7.84. The van der Waals surface area contributed by atoms with Crippen LogP contribution in [0.4, 0.5) is 0 Å². The van der Waals surface area contributed by atoms with Crippen LogP contribution in [0.1, 0.15) is 55.0 Å². The van der Waals surface area contributed by atoms with Crippen molar-refractivity contribution in [1.82, 2.24) is 15.5 Å². The molecular weight excluding hydrogens is 362 g/mol. The minimum atomic E-state index is -0.324. The molecule has 5 nitrogen and oxygen atoms in total. The lowest BCUT2D eigenvalue weighted by molar-refractivity contribution is -0.123. The Kier molecular flexibility index (Phi) is 7.42. The molecule has 1 aliphatic rings. The molecule has 3 rings (SSSR count). The van der Waals surface area contributed by atoms with Crippen molar-refractivity contribution in [2.45, 2.75) is 45.2 Å². The van der Waals surface area contributed by atoms with Crippen LogP contribution in [0.3, 0.4) is 0 Å². The van der Waals surface area contributed by atoms with Crippen molar-refractivity contribution in [3.05, 3.63) is 71.3 Å². The maximum absolute atomic E-state index is 12.7. The van der Waals surface area contributed by atoms with Gasteiger partial charge in [0.15, 0.2) is 0 Å². The zero-order chi connectivity index (χ0) is 20.6. The second kappa shape index (κ2) is 10.2. The molecule has 2 aromatic rings. The van der Waals surface area contributed by atoms with Crippen LogP contribution in [-0.2, 0) is 9.59 Å². The zero-order valence-corrected chi connectivity index (χ0v) is 17.4. The van der Waals surface area contributed by atoms with Crippen LogP contribution in [0.2, 0.25) is 0 Å². The molecule has 0 saturated carbocycles. The Hall–Kier alpha value is -2.66. The Balaban J connectivity index is 1.65. The Bertz CT molecular complexity index is 799. The minimum absolute atomic E-state index is 0.0514. The molecule has 154 valence electrons. The Morgan fingerprint density at radius 1 is 0.966 bits per heavy atom. The predicted octanol–water partition coefficient (Wildman–Crippen LogP) is 3.52. The number of hydrogen-bond acceptors (Lipinski definition) is 3. The molecule has 1 saturated heterocycles. The van der Waals surface area contributed by atoms with Gasteiger partial charge in [-0.2, -0.15) is 0 Å². The summed E-state index contributed by atoms with van der Waals surface area (Å²) in [5.74, 6) is -0.188. The van der Waals surface area contributed by atoms with Gasteiger partial charge in [0.25, 0.3) is 0 Å². The smallest absolute Gasteiger partial charge is 0.222 e. The molecule has 1 fully saturated rings. The van der Waals surface area contributed by atoms with Gasteiger partial charge in [-0.3, -0.25) is 14.5 Å². The number of nitrogens with zero attached hydrogens (tertiary/aromatic N) is 1. The van der Waals surface area contributed by atoms with Gasteiger partial charge >= 0.3 is 0 Å². The summed E-state index contributed by atoms with van der Waals surface area (Å²) >= 11 is 0. The second-order valence-corrected chi connectivity index (χ2v) is 7.84.